The maximum absolute atomic E-state index is 5.12. The van der Waals surface area contributed by atoms with E-state index in [1.165, 1.54) is 5.57 Å². The van der Waals surface area contributed by atoms with Gasteiger partial charge in [0, 0.05) is 20.3 Å². The lowest BCUT2D eigenvalue weighted by Crippen LogP contribution is -2.03. The topological polar surface area (TPSA) is 12.5 Å². The van der Waals surface area contributed by atoms with Gasteiger partial charge in [-0.15, -0.1) is 0 Å². The SMILES string of the molecule is COC(C=C(C)C)=CN(C)C. The molecule has 0 aliphatic carbocycles. The number of hydrogen-bond donors (Lipinski definition) is 0. The Morgan fingerprint density at radius 3 is 2.09 bits per heavy atom. The summed E-state index contributed by atoms with van der Waals surface area (Å²) in [5.74, 6) is 0.884. The highest BCUT2D eigenvalue weighted by Crippen LogP contribution is 2.02. The molecule has 2 nitrogen and oxygen atoms in total. The molecule has 64 valence electrons. The van der Waals surface area contributed by atoms with Crippen LogP contribution in [0.1, 0.15) is 13.8 Å². The number of rotatable bonds is 3. The van der Waals surface area contributed by atoms with Gasteiger partial charge in [0.1, 0.15) is 5.76 Å². The second-order valence-electron chi connectivity index (χ2n) is 2.92. The molecule has 0 N–H and O–H groups in total. The fourth-order valence-electron chi connectivity index (χ4n) is 0.688. The summed E-state index contributed by atoms with van der Waals surface area (Å²) in [5.41, 5.74) is 1.24. The average molecular weight is 155 g/mol. The van der Waals surface area contributed by atoms with E-state index in [9.17, 15) is 0 Å². The van der Waals surface area contributed by atoms with Crippen LogP contribution in [-0.4, -0.2) is 26.1 Å². The molecule has 0 saturated carbocycles. The van der Waals surface area contributed by atoms with E-state index in [1.807, 2.05) is 45.1 Å². The van der Waals surface area contributed by atoms with Gasteiger partial charge in [-0.2, -0.15) is 0 Å². The fraction of sp³-hybridized carbons (Fsp3) is 0.556. The lowest BCUT2D eigenvalue weighted by Gasteiger charge is -2.07. The molecule has 0 saturated heterocycles. The Morgan fingerprint density at radius 2 is 1.82 bits per heavy atom. The number of ether oxygens (including phenoxy) is 1. The first-order valence-corrected chi connectivity index (χ1v) is 3.63. The molecule has 0 rings (SSSR count). The molecule has 0 radical (unpaired) electrons. The van der Waals surface area contributed by atoms with E-state index in [-0.39, 0.29) is 0 Å². The number of methoxy groups -OCH3 is 1. The summed E-state index contributed by atoms with van der Waals surface area (Å²) < 4.78 is 5.12. The van der Waals surface area contributed by atoms with Crippen molar-refractivity contribution < 1.29 is 4.74 Å². The smallest absolute Gasteiger partial charge is 0.134 e. The molecular formula is C9H17NO. The maximum atomic E-state index is 5.12. The molecule has 0 aromatic rings. The standard InChI is InChI=1S/C9H17NO/c1-8(2)6-9(11-5)7-10(3)4/h6-7H,1-5H3. The first-order chi connectivity index (χ1) is 5.06. The van der Waals surface area contributed by atoms with Crippen molar-refractivity contribution in [2.45, 2.75) is 13.8 Å². The van der Waals surface area contributed by atoms with E-state index in [0.717, 1.165) is 5.76 Å². The van der Waals surface area contributed by atoms with Crippen molar-refractivity contribution >= 4 is 0 Å². The van der Waals surface area contributed by atoms with Crippen molar-refractivity contribution in [2.75, 3.05) is 21.2 Å². The lowest BCUT2D eigenvalue weighted by molar-refractivity contribution is 0.296. The van der Waals surface area contributed by atoms with Crippen LogP contribution in [0.2, 0.25) is 0 Å². The van der Waals surface area contributed by atoms with Crippen molar-refractivity contribution in [3.8, 4) is 0 Å². The molecule has 0 heterocycles. The van der Waals surface area contributed by atoms with Gasteiger partial charge in [-0.05, 0) is 19.9 Å². The molecule has 0 spiro atoms. The molecule has 0 bridgehead atoms. The second kappa shape index (κ2) is 4.83. The van der Waals surface area contributed by atoms with E-state index in [0.29, 0.717) is 0 Å². The molecule has 0 fully saturated rings. The molecule has 0 aliphatic rings. The van der Waals surface area contributed by atoms with Gasteiger partial charge in [0.05, 0.1) is 7.11 Å². The van der Waals surface area contributed by atoms with Crippen LogP contribution in [-0.2, 0) is 4.74 Å². The number of allylic oxidation sites excluding steroid dienone is 2. The van der Waals surface area contributed by atoms with Crippen LogP contribution >= 0.6 is 0 Å². The molecule has 0 aliphatic heterocycles. The zero-order chi connectivity index (χ0) is 8.85. The highest BCUT2D eigenvalue weighted by molar-refractivity contribution is 5.15. The molecular weight excluding hydrogens is 138 g/mol. The van der Waals surface area contributed by atoms with Crippen molar-refractivity contribution in [1.82, 2.24) is 4.90 Å². The predicted octanol–water partition coefficient (Wildman–Crippen LogP) is 2.00. The lowest BCUT2D eigenvalue weighted by atomic mass is 10.3. The summed E-state index contributed by atoms with van der Waals surface area (Å²) in [6, 6.07) is 0. The van der Waals surface area contributed by atoms with Crippen LogP contribution in [0.4, 0.5) is 0 Å². The van der Waals surface area contributed by atoms with Crippen LogP contribution in [0, 0.1) is 0 Å². The van der Waals surface area contributed by atoms with Gasteiger partial charge in [-0.3, -0.25) is 0 Å². The van der Waals surface area contributed by atoms with Gasteiger partial charge in [0.15, 0.2) is 0 Å². The summed E-state index contributed by atoms with van der Waals surface area (Å²) in [6.45, 7) is 4.09. The van der Waals surface area contributed by atoms with Crippen molar-refractivity contribution in [1.29, 1.82) is 0 Å². The zero-order valence-corrected chi connectivity index (χ0v) is 8.01. The fourth-order valence-corrected chi connectivity index (χ4v) is 0.688. The van der Waals surface area contributed by atoms with Gasteiger partial charge in [-0.1, -0.05) is 5.57 Å². The minimum atomic E-state index is 0.884. The Bertz CT molecular complexity index is 164. The number of nitrogens with zero attached hydrogens (tertiary/aromatic N) is 1. The van der Waals surface area contributed by atoms with E-state index < -0.39 is 0 Å². The Labute approximate surface area is 69.2 Å². The molecule has 0 unspecified atom stereocenters. The zero-order valence-electron chi connectivity index (χ0n) is 8.01. The minimum Gasteiger partial charge on any atom is -0.495 e. The van der Waals surface area contributed by atoms with Crippen LogP contribution < -0.4 is 0 Å². The Balaban J connectivity index is 4.29. The monoisotopic (exact) mass is 155 g/mol. The molecule has 0 amide bonds. The minimum absolute atomic E-state index is 0.884. The van der Waals surface area contributed by atoms with Gasteiger partial charge in [0.25, 0.3) is 0 Å². The highest BCUT2D eigenvalue weighted by atomic mass is 16.5. The summed E-state index contributed by atoms with van der Waals surface area (Å²) in [6.07, 6.45) is 3.94. The second-order valence-corrected chi connectivity index (χ2v) is 2.92. The van der Waals surface area contributed by atoms with Gasteiger partial charge < -0.3 is 9.64 Å². The highest BCUT2D eigenvalue weighted by Gasteiger charge is 1.90. The van der Waals surface area contributed by atoms with Crippen LogP contribution in [0.15, 0.2) is 23.6 Å². The van der Waals surface area contributed by atoms with Crippen LogP contribution in [0.3, 0.4) is 0 Å². The third-order valence-corrected chi connectivity index (χ3v) is 1.05. The van der Waals surface area contributed by atoms with Gasteiger partial charge in [-0.25, -0.2) is 0 Å². The third-order valence-electron chi connectivity index (χ3n) is 1.05. The van der Waals surface area contributed by atoms with Gasteiger partial charge in [0.2, 0.25) is 0 Å². The quantitative estimate of drug-likeness (QED) is 0.456. The summed E-state index contributed by atoms with van der Waals surface area (Å²) in [7, 11) is 5.62. The van der Waals surface area contributed by atoms with E-state index in [1.54, 1.807) is 7.11 Å². The van der Waals surface area contributed by atoms with Crippen LogP contribution in [0.5, 0.6) is 0 Å². The van der Waals surface area contributed by atoms with Crippen molar-refractivity contribution in [2.24, 2.45) is 0 Å². The van der Waals surface area contributed by atoms with Crippen LogP contribution in [0.25, 0.3) is 0 Å². The first kappa shape index (κ1) is 10.1. The predicted molar refractivity (Wildman–Crippen MR) is 48.2 cm³/mol. The van der Waals surface area contributed by atoms with Crippen molar-refractivity contribution in [3.05, 3.63) is 23.6 Å². The average Bonchev–Trinajstić information content (AvgIpc) is 1.84. The van der Waals surface area contributed by atoms with E-state index in [4.69, 9.17) is 4.74 Å². The first-order valence-electron chi connectivity index (χ1n) is 3.63. The maximum Gasteiger partial charge on any atom is 0.134 e. The summed E-state index contributed by atoms with van der Waals surface area (Å²) >= 11 is 0. The Hall–Kier alpha value is -0.920. The molecule has 2 heteroatoms. The molecule has 0 atom stereocenters. The molecule has 11 heavy (non-hydrogen) atoms. The Kier molecular flexibility index (Phi) is 4.42. The summed E-state index contributed by atoms with van der Waals surface area (Å²) in [4.78, 5) is 1.96. The molecule has 0 aromatic carbocycles. The third kappa shape index (κ3) is 5.52. The summed E-state index contributed by atoms with van der Waals surface area (Å²) in [5, 5.41) is 0. The van der Waals surface area contributed by atoms with Crippen molar-refractivity contribution in [3.63, 3.8) is 0 Å². The van der Waals surface area contributed by atoms with E-state index >= 15 is 0 Å². The van der Waals surface area contributed by atoms with E-state index in [2.05, 4.69) is 0 Å². The molecule has 0 aromatic heterocycles. The Morgan fingerprint density at radius 1 is 1.27 bits per heavy atom. The largest absolute Gasteiger partial charge is 0.495 e. The normalized spacial score (nSPS) is 10.8. The number of hydrogen-bond acceptors (Lipinski definition) is 2. The van der Waals surface area contributed by atoms with Gasteiger partial charge >= 0.3 is 0 Å².